The van der Waals surface area contributed by atoms with Crippen molar-refractivity contribution in [1.82, 2.24) is 5.01 Å². The van der Waals surface area contributed by atoms with Gasteiger partial charge in [-0.2, -0.15) is 5.10 Å². The first-order valence-electron chi connectivity index (χ1n) is 5.87. The summed E-state index contributed by atoms with van der Waals surface area (Å²) in [5.74, 6) is 0.170. The van der Waals surface area contributed by atoms with Gasteiger partial charge in [-0.25, -0.2) is 8.42 Å². The predicted octanol–water partition coefficient (Wildman–Crippen LogP) is 0.962. The fourth-order valence-electron chi connectivity index (χ4n) is 2.14. The van der Waals surface area contributed by atoms with Crippen LogP contribution in [0.15, 0.2) is 20.8 Å². The molecular formula is C11H14N2O3S2. The van der Waals surface area contributed by atoms with E-state index in [1.165, 1.54) is 11.3 Å². The molecule has 2 aliphatic heterocycles. The number of nitrogens with zero attached hydrogens (tertiary/aromatic N) is 2. The first-order chi connectivity index (χ1) is 8.67. The number of rotatable bonds is 1. The molecule has 0 saturated carbocycles. The number of fused-ring (bicyclic) bond motifs is 1. The van der Waals surface area contributed by atoms with Gasteiger partial charge in [0, 0.05) is 12.0 Å². The molecule has 1 fully saturated rings. The van der Waals surface area contributed by atoms with Crippen molar-refractivity contribution in [3.05, 3.63) is 17.0 Å². The molecule has 0 N–H and O–H groups in total. The molecule has 2 aliphatic rings. The Labute approximate surface area is 110 Å². The summed E-state index contributed by atoms with van der Waals surface area (Å²) in [5.41, 5.74) is 1.68. The van der Waals surface area contributed by atoms with Crippen LogP contribution in [-0.4, -0.2) is 51.2 Å². The van der Waals surface area contributed by atoms with Crippen molar-refractivity contribution >= 4 is 26.9 Å². The summed E-state index contributed by atoms with van der Waals surface area (Å²) < 4.78 is 29.5. The van der Waals surface area contributed by atoms with Gasteiger partial charge in [0.1, 0.15) is 4.21 Å². The van der Waals surface area contributed by atoms with Crippen molar-refractivity contribution in [2.45, 2.75) is 10.6 Å². The van der Waals surface area contributed by atoms with Crippen molar-refractivity contribution in [3.63, 3.8) is 0 Å². The van der Waals surface area contributed by atoms with Crippen LogP contribution in [0.3, 0.4) is 0 Å². The molecule has 5 nitrogen and oxygen atoms in total. The molecule has 98 valence electrons. The highest BCUT2D eigenvalue weighted by Gasteiger charge is 2.29. The number of hydrogen-bond acceptors (Lipinski definition) is 6. The molecule has 0 radical (unpaired) electrons. The van der Waals surface area contributed by atoms with Crippen LogP contribution < -0.4 is 0 Å². The van der Waals surface area contributed by atoms with Gasteiger partial charge in [0.05, 0.1) is 37.8 Å². The average Bonchev–Trinajstić information content (AvgIpc) is 2.85. The summed E-state index contributed by atoms with van der Waals surface area (Å²) in [5, 5.41) is 8.38. The van der Waals surface area contributed by atoms with E-state index in [9.17, 15) is 8.42 Å². The Bertz CT molecular complexity index is 571. The molecule has 1 saturated heterocycles. The molecule has 0 atom stereocenters. The summed E-state index contributed by atoms with van der Waals surface area (Å²) in [4.78, 5) is 0. The van der Waals surface area contributed by atoms with Crippen LogP contribution in [0.5, 0.6) is 0 Å². The van der Waals surface area contributed by atoms with Gasteiger partial charge in [-0.05, 0) is 11.4 Å². The normalized spacial score (nSPS) is 25.1. The summed E-state index contributed by atoms with van der Waals surface area (Å²) in [6.07, 6.45) is 0.503. The molecule has 0 aliphatic carbocycles. The summed E-state index contributed by atoms with van der Waals surface area (Å²) >= 11 is 1.29. The molecule has 7 heteroatoms. The molecule has 0 bridgehead atoms. The molecule has 18 heavy (non-hydrogen) atoms. The topological polar surface area (TPSA) is 59.0 Å². The lowest BCUT2D eigenvalue weighted by molar-refractivity contribution is 0.0393. The fraction of sp³-hybridized carbons (Fsp3) is 0.545. The minimum absolute atomic E-state index is 0.170. The van der Waals surface area contributed by atoms with Crippen molar-refractivity contribution in [2.75, 3.05) is 32.1 Å². The summed E-state index contributed by atoms with van der Waals surface area (Å²) in [6.45, 7) is 2.92. The van der Waals surface area contributed by atoms with Gasteiger partial charge in [0.15, 0.2) is 9.84 Å². The molecule has 1 aromatic heterocycles. The zero-order valence-electron chi connectivity index (χ0n) is 9.83. The van der Waals surface area contributed by atoms with Gasteiger partial charge in [-0.3, -0.25) is 5.01 Å². The zero-order valence-corrected chi connectivity index (χ0v) is 11.5. The Morgan fingerprint density at radius 3 is 2.89 bits per heavy atom. The minimum atomic E-state index is -3.08. The van der Waals surface area contributed by atoms with Crippen LogP contribution in [0.4, 0.5) is 0 Å². The highest BCUT2D eigenvalue weighted by atomic mass is 32.2. The van der Waals surface area contributed by atoms with Crippen LogP contribution >= 0.6 is 11.3 Å². The maximum Gasteiger partial charge on any atom is 0.188 e. The Hall–Kier alpha value is -0.920. The van der Waals surface area contributed by atoms with E-state index in [2.05, 4.69) is 5.10 Å². The fourth-order valence-corrected chi connectivity index (χ4v) is 4.95. The van der Waals surface area contributed by atoms with Gasteiger partial charge in [-0.1, -0.05) is 0 Å². The van der Waals surface area contributed by atoms with Gasteiger partial charge in [0.2, 0.25) is 0 Å². The number of hydrazone groups is 1. The van der Waals surface area contributed by atoms with Crippen LogP contribution in [0.1, 0.15) is 12.0 Å². The summed E-state index contributed by atoms with van der Waals surface area (Å²) in [6, 6.07) is 1.86. The van der Waals surface area contributed by atoms with E-state index in [0.29, 0.717) is 23.8 Å². The van der Waals surface area contributed by atoms with Crippen LogP contribution in [0.25, 0.3) is 0 Å². The smallest absolute Gasteiger partial charge is 0.188 e. The largest absolute Gasteiger partial charge is 0.378 e. The first-order valence-corrected chi connectivity index (χ1v) is 8.41. The van der Waals surface area contributed by atoms with Crippen molar-refractivity contribution in [2.24, 2.45) is 5.10 Å². The zero-order chi connectivity index (χ0) is 12.6. The molecule has 0 aromatic carbocycles. The number of sulfone groups is 1. The second-order valence-corrected chi connectivity index (χ2v) is 7.52. The second kappa shape index (κ2) is 4.64. The predicted molar refractivity (Wildman–Crippen MR) is 69.9 cm³/mol. The van der Waals surface area contributed by atoms with Crippen molar-refractivity contribution in [1.29, 1.82) is 0 Å². The van der Waals surface area contributed by atoms with E-state index >= 15 is 0 Å². The number of morpholine rings is 1. The highest BCUT2D eigenvalue weighted by Crippen LogP contribution is 2.30. The third kappa shape index (κ3) is 2.17. The minimum Gasteiger partial charge on any atom is -0.378 e. The van der Waals surface area contributed by atoms with Crippen LogP contribution in [0, 0.1) is 0 Å². The number of thiophene rings is 1. The average molecular weight is 286 g/mol. The molecule has 1 aromatic rings. The lowest BCUT2D eigenvalue weighted by Crippen LogP contribution is -2.34. The summed E-state index contributed by atoms with van der Waals surface area (Å²) in [7, 11) is -3.08. The third-order valence-corrected chi connectivity index (χ3v) is 6.36. The molecule has 3 rings (SSSR count). The molecule has 3 heterocycles. The van der Waals surface area contributed by atoms with E-state index in [1.807, 2.05) is 16.5 Å². The number of hydrogen-bond donors (Lipinski definition) is 0. The van der Waals surface area contributed by atoms with E-state index < -0.39 is 9.84 Å². The number of ether oxygens (including phenoxy) is 1. The van der Waals surface area contributed by atoms with Gasteiger partial charge in [-0.15, -0.1) is 11.3 Å². The Kier molecular flexibility index (Phi) is 3.13. The van der Waals surface area contributed by atoms with Gasteiger partial charge in [0.25, 0.3) is 0 Å². The molecule has 0 spiro atoms. The van der Waals surface area contributed by atoms with E-state index in [-0.39, 0.29) is 5.75 Å². The standard InChI is InChI=1S/C11H14N2O3S2/c14-18(15)8-2-10(9-1-7-17-11(9)18)12-13-3-5-16-6-4-13/h1,7H,2-6,8H2. The van der Waals surface area contributed by atoms with Gasteiger partial charge >= 0.3 is 0 Å². The molecular weight excluding hydrogens is 272 g/mol. The Morgan fingerprint density at radius 2 is 2.11 bits per heavy atom. The van der Waals surface area contributed by atoms with Gasteiger partial charge < -0.3 is 4.74 Å². The van der Waals surface area contributed by atoms with Crippen molar-refractivity contribution in [3.8, 4) is 0 Å². The maximum atomic E-state index is 11.9. The lowest BCUT2D eigenvalue weighted by Gasteiger charge is -2.26. The quantitative estimate of drug-likeness (QED) is 0.771. The highest BCUT2D eigenvalue weighted by molar-refractivity contribution is 7.93. The Balaban J connectivity index is 1.93. The Morgan fingerprint density at radius 1 is 1.33 bits per heavy atom. The third-order valence-electron chi connectivity index (χ3n) is 3.08. The van der Waals surface area contributed by atoms with Crippen LogP contribution in [-0.2, 0) is 14.6 Å². The first kappa shape index (κ1) is 12.1. The van der Waals surface area contributed by atoms with E-state index in [4.69, 9.17) is 4.74 Å². The lowest BCUT2D eigenvalue weighted by atomic mass is 10.1. The molecule has 0 unspecified atom stereocenters. The second-order valence-electron chi connectivity index (χ2n) is 4.30. The van der Waals surface area contributed by atoms with Crippen molar-refractivity contribution < 1.29 is 13.2 Å². The van der Waals surface area contributed by atoms with Crippen LogP contribution in [0.2, 0.25) is 0 Å². The van der Waals surface area contributed by atoms with E-state index in [0.717, 1.165) is 24.4 Å². The molecule has 0 amide bonds. The van der Waals surface area contributed by atoms with E-state index in [1.54, 1.807) is 0 Å². The SMILES string of the molecule is O=S1(=O)CCC(=NN2CCOCC2)c2ccsc21. The maximum absolute atomic E-state index is 11.9. The monoisotopic (exact) mass is 286 g/mol.